The van der Waals surface area contributed by atoms with Gasteiger partial charge in [-0.25, -0.2) is 9.97 Å². The molecule has 2 N–H and O–H groups in total. The van der Waals surface area contributed by atoms with Crippen molar-refractivity contribution >= 4 is 17.2 Å². The van der Waals surface area contributed by atoms with Crippen LogP contribution in [0.15, 0.2) is 18.2 Å². The molecule has 0 saturated heterocycles. The maximum absolute atomic E-state index is 5.76. The van der Waals surface area contributed by atoms with Gasteiger partial charge in [0.1, 0.15) is 5.82 Å². The van der Waals surface area contributed by atoms with Gasteiger partial charge in [0, 0.05) is 18.1 Å². The quantitative estimate of drug-likeness (QED) is 0.904. The lowest BCUT2D eigenvalue weighted by Crippen LogP contribution is -2.00. The minimum atomic E-state index is 0.450. The Morgan fingerprint density at radius 1 is 1.35 bits per heavy atom. The standard InChI is InChI=1S/C12H15N3OS/c1-3-9-4-5-10(17-9)12-14-8(7-16-2)6-11(13)15-12/h4-6H,3,7H2,1-2H3,(H2,13,14,15). The SMILES string of the molecule is CCc1ccc(-c2nc(N)cc(COC)n2)s1. The third kappa shape index (κ3) is 2.81. The minimum absolute atomic E-state index is 0.450. The van der Waals surface area contributed by atoms with E-state index < -0.39 is 0 Å². The molecule has 0 radical (unpaired) electrons. The number of aromatic nitrogens is 2. The summed E-state index contributed by atoms with van der Waals surface area (Å²) in [4.78, 5) is 11.1. The monoisotopic (exact) mass is 249 g/mol. The van der Waals surface area contributed by atoms with E-state index in [4.69, 9.17) is 10.5 Å². The van der Waals surface area contributed by atoms with Gasteiger partial charge in [-0.15, -0.1) is 11.3 Å². The lowest BCUT2D eigenvalue weighted by atomic mass is 10.3. The summed E-state index contributed by atoms with van der Waals surface area (Å²) in [6.07, 6.45) is 1.03. The second-order valence-electron chi connectivity index (χ2n) is 3.66. The summed E-state index contributed by atoms with van der Waals surface area (Å²) in [7, 11) is 1.64. The Morgan fingerprint density at radius 2 is 2.18 bits per heavy atom. The van der Waals surface area contributed by atoms with Crippen LogP contribution in [0, 0.1) is 0 Å². The first-order chi connectivity index (χ1) is 8.22. The molecular formula is C12H15N3OS. The molecule has 0 aliphatic rings. The number of anilines is 1. The van der Waals surface area contributed by atoms with E-state index in [-0.39, 0.29) is 0 Å². The largest absolute Gasteiger partial charge is 0.384 e. The normalized spacial score (nSPS) is 10.7. The van der Waals surface area contributed by atoms with E-state index in [1.807, 2.05) is 6.07 Å². The van der Waals surface area contributed by atoms with Crippen LogP contribution in [-0.4, -0.2) is 17.1 Å². The van der Waals surface area contributed by atoms with Crippen molar-refractivity contribution in [2.75, 3.05) is 12.8 Å². The fourth-order valence-corrected chi connectivity index (χ4v) is 2.42. The molecule has 2 rings (SSSR count). The van der Waals surface area contributed by atoms with Crippen LogP contribution in [0.5, 0.6) is 0 Å². The number of rotatable bonds is 4. The van der Waals surface area contributed by atoms with Crippen molar-refractivity contribution in [3.63, 3.8) is 0 Å². The number of ether oxygens (including phenoxy) is 1. The topological polar surface area (TPSA) is 61.0 Å². The van der Waals surface area contributed by atoms with Gasteiger partial charge < -0.3 is 10.5 Å². The first-order valence-corrected chi connectivity index (χ1v) is 6.26. The van der Waals surface area contributed by atoms with Crippen LogP contribution in [0.4, 0.5) is 5.82 Å². The maximum Gasteiger partial charge on any atom is 0.171 e. The van der Waals surface area contributed by atoms with Gasteiger partial charge in [-0.05, 0) is 18.6 Å². The predicted octanol–water partition coefficient (Wildman–Crippen LogP) is 2.50. The highest BCUT2D eigenvalue weighted by atomic mass is 32.1. The summed E-state index contributed by atoms with van der Waals surface area (Å²) >= 11 is 1.70. The van der Waals surface area contributed by atoms with E-state index in [1.54, 1.807) is 24.5 Å². The van der Waals surface area contributed by atoms with Crippen molar-refractivity contribution < 1.29 is 4.74 Å². The Balaban J connectivity index is 2.37. The number of nitrogen functional groups attached to an aromatic ring is 1. The molecule has 0 aliphatic carbocycles. The molecule has 0 atom stereocenters. The van der Waals surface area contributed by atoms with Gasteiger partial charge in [-0.3, -0.25) is 0 Å². The maximum atomic E-state index is 5.76. The fourth-order valence-electron chi connectivity index (χ4n) is 1.54. The van der Waals surface area contributed by atoms with Crippen molar-refractivity contribution in [2.24, 2.45) is 0 Å². The third-order valence-corrected chi connectivity index (χ3v) is 3.55. The molecule has 0 saturated carbocycles. The van der Waals surface area contributed by atoms with Gasteiger partial charge >= 0.3 is 0 Å². The zero-order chi connectivity index (χ0) is 12.3. The molecule has 90 valence electrons. The number of aryl methyl sites for hydroxylation is 1. The summed E-state index contributed by atoms with van der Waals surface area (Å²) in [5.74, 6) is 1.16. The second kappa shape index (κ2) is 5.25. The molecule has 2 aromatic heterocycles. The Morgan fingerprint density at radius 3 is 2.82 bits per heavy atom. The van der Waals surface area contributed by atoms with Gasteiger partial charge in [0.15, 0.2) is 5.82 Å². The third-order valence-electron chi connectivity index (χ3n) is 2.32. The first-order valence-electron chi connectivity index (χ1n) is 5.44. The van der Waals surface area contributed by atoms with Gasteiger partial charge in [0.05, 0.1) is 17.2 Å². The molecule has 0 bridgehead atoms. The van der Waals surface area contributed by atoms with Crippen LogP contribution >= 0.6 is 11.3 Å². The fraction of sp³-hybridized carbons (Fsp3) is 0.333. The number of hydrogen-bond acceptors (Lipinski definition) is 5. The van der Waals surface area contributed by atoms with Crippen LogP contribution in [0.3, 0.4) is 0 Å². The van der Waals surface area contributed by atoms with E-state index in [0.29, 0.717) is 18.2 Å². The van der Waals surface area contributed by atoms with Crippen LogP contribution in [0.25, 0.3) is 10.7 Å². The molecule has 2 aromatic rings. The van der Waals surface area contributed by atoms with Crippen LogP contribution in [-0.2, 0) is 17.8 Å². The van der Waals surface area contributed by atoms with Crippen molar-refractivity contribution in [3.8, 4) is 10.7 Å². The summed E-state index contributed by atoms with van der Waals surface area (Å²) in [6.45, 7) is 2.58. The predicted molar refractivity (Wildman–Crippen MR) is 69.8 cm³/mol. The van der Waals surface area contributed by atoms with E-state index >= 15 is 0 Å². The molecule has 4 nitrogen and oxygen atoms in total. The Hall–Kier alpha value is -1.46. The van der Waals surface area contributed by atoms with Crippen LogP contribution < -0.4 is 5.73 Å². The smallest absolute Gasteiger partial charge is 0.171 e. The summed E-state index contributed by atoms with van der Waals surface area (Å²) < 4.78 is 5.06. The summed E-state index contributed by atoms with van der Waals surface area (Å²) in [5.41, 5.74) is 6.57. The molecule has 0 amide bonds. The molecule has 2 heterocycles. The zero-order valence-corrected chi connectivity index (χ0v) is 10.8. The summed E-state index contributed by atoms with van der Waals surface area (Å²) in [6, 6.07) is 5.87. The number of nitrogens with zero attached hydrogens (tertiary/aromatic N) is 2. The van der Waals surface area contributed by atoms with Gasteiger partial charge in [-0.1, -0.05) is 6.92 Å². The molecule has 0 unspecified atom stereocenters. The van der Waals surface area contributed by atoms with Crippen LogP contribution in [0.1, 0.15) is 17.5 Å². The van der Waals surface area contributed by atoms with Crippen molar-refractivity contribution in [3.05, 3.63) is 28.8 Å². The number of nitrogens with two attached hydrogens (primary N) is 1. The van der Waals surface area contributed by atoms with E-state index in [1.165, 1.54) is 4.88 Å². The molecule has 5 heteroatoms. The van der Waals surface area contributed by atoms with Crippen molar-refractivity contribution in [1.82, 2.24) is 9.97 Å². The Kier molecular flexibility index (Phi) is 3.71. The van der Waals surface area contributed by atoms with Crippen LogP contribution in [0.2, 0.25) is 0 Å². The molecule has 0 aliphatic heterocycles. The molecular weight excluding hydrogens is 234 g/mol. The average molecular weight is 249 g/mol. The molecule has 0 fully saturated rings. The number of methoxy groups -OCH3 is 1. The number of thiophene rings is 1. The Bertz CT molecular complexity index is 510. The van der Waals surface area contributed by atoms with Gasteiger partial charge in [0.2, 0.25) is 0 Å². The highest BCUT2D eigenvalue weighted by Crippen LogP contribution is 2.26. The number of hydrogen-bond donors (Lipinski definition) is 1. The van der Waals surface area contributed by atoms with Gasteiger partial charge in [0.25, 0.3) is 0 Å². The highest BCUT2D eigenvalue weighted by Gasteiger charge is 2.08. The second-order valence-corrected chi connectivity index (χ2v) is 4.83. The highest BCUT2D eigenvalue weighted by molar-refractivity contribution is 7.15. The lowest BCUT2D eigenvalue weighted by molar-refractivity contribution is 0.181. The van der Waals surface area contributed by atoms with Crippen molar-refractivity contribution in [1.29, 1.82) is 0 Å². The zero-order valence-electron chi connectivity index (χ0n) is 9.93. The molecule has 0 spiro atoms. The minimum Gasteiger partial charge on any atom is -0.384 e. The van der Waals surface area contributed by atoms with Crippen molar-refractivity contribution in [2.45, 2.75) is 20.0 Å². The van der Waals surface area contributed by atoms with E-state index in [2.05, 4.69) is 23.0 Å². The Labute approximate surface area is 104 Å². The van der Waals surface area contributed by atoms with Gasteiger partial charge in [-0.2, -0.15) is 0 Å². The summed E-state index contributed by atoms with van der Waals surface area (Å²) in [5, 5.41) is 0. The molecule has 17 heavy (non-hydrogen) atoms. The molecule has 0 aromatic carbocycles. The van der Waals surface area contributed by atoms with E-state index in [9.17, 15) is 0 Å². The lowest BCUT2D eigenvalue weighted by Gasteiger charge is -2.03. The first kappa shape index (κ1) is 12.0. The average Bonchev–Trinajstić information content (AvgIpc) is 2.77. The van der Waals surface area contributed by atoms with E-state index in [0.717, 1.165) is 17.0 Å².